The summed E-state index contributed by atoms with van der Waals surface area (Å²) in [6.45, 7) is 0.320. The van der Waals surface area contributed by atoms with Crippen LogP contribution in [0.2, 0.25) is 0 Å². The quantitative estimate of drug-likeness (QED) is 0.278. The van der Waals surface area contributed by atoms with Gasteiger partial charge < -0.3 is 40.3 Å². The molecule has 10 heteroatoms. The molecule has 0 aromatic carbocycles. The fourth-order valence-electron chi connectivity index (χ4n) is 2.29. The normalized spacial score (nSPS) is 34.6. The highest BCUT2D eigenvalue weighted by atomic mass is 16.7. The smallest absolute Gasteiger partial charge is 0.366 e. The lowest BCUT2D eigenvalue weighted by molar-refractivity contribution is -0.296. The molecule has 22 heavy (non-hydrogen) atoms. The van der Waals surface area contributed by atoms with Gasteiger partial charge in [0, 0.05) is 13.3 Å². The molecule has 0 spiro atoms. The van der Waals surface area contributed by atoms with Crippen LogP contribution < -0.4 is 5.32 Å². The number of carbonyl (C=O) groups is 2. The highest BCUT2D eigenvalue weighted by Crippen LogP contribution is 2.31. The second-order valence-electron chi connectivity index (χ2n) is 5.10. The first-order valence-corrected chi connectivity index (χ1v) is 6.57. The summed E-state index contributed by atoms with van der Waals surface area (Å²) in [4.78, 5) is 22.8. The fourth-order valence-corrected chi connectivity index (χ4v) is 2.29. The number of carbonyl (C=O) groups excluding carboxylic acids is 2. The molecule has 0 aromatic rings. The van der Waals surface area contributed by atoms with Crippen molar-refractivity contribution in [1.82, 2.24) is 5.32 Å². The van der Waals surface area contributed by atoms with E-state index < -0.39 is 61.1 Å². The van der Waals surface area contributed by atoms with Crippen molar-refractivity contribution in [2.45, 2.75) is 49.6 Å². The van der Waals surface area contributed by atoms with Crippen LogP contribution in [0.1, 0.15) is 13.3 Å². The summed E-state index contributed by atoms with van der Waals surface area (Å²) in [7, 11) is 0.990. The largest absolute Gasteiger partial charge is 0.465 e. The van der Waals surface area contributed by atoms with E-state index in [4.69, 9.17) is 9.84 Å². The first kappa shape index (κ1) is 18.7. The molecule has 1 aliphatic heterocycles. The van der Waals surface area contributed by atoms with E-state index >= 15 is 0 Å². The molecule has 1 saturated heterocycles. The number of methoxy groups -OCH3 is 1. The molecule has 0 bridgehead atoms. The van der Waals surface area contributed by atoms with E-state index in [0.29, 0.717) is 0 Å². The molecule has 1 aliphatic rings. The Kier molecular flexibility index (Phi) is 6.23. The molecule has 0 radical (unpaired) electrons. The summed E-state index contributed by atoms with van der Waals surface area (Å²) in [6.07, 6.45) is -7.09. The molecule has 10 nitrogen and oxygen atoms in total. The van der Waals surface area contributed by atoms with Gasteiger partial charge in [0.25, 0.3) is 5.79 Å². The van der Waals surface area contributed by atoms with E-state index in [-0.39, 0.29) is 0 Å². The van der Waals surface area contributed by atoms with Crippen molar-refractivity contribution < 1.29 is 44.6 Å². The van der Waals surface area contributed by atoms with E-state index in [1.54, 1.807) is 0 Å². The SMILES string of the molecule is COC(=O)[C@]1(O)C[C@H](O)[C@@H](NC(C)=O)[C@@H]([C@H](O)[C@H](O)CO)O1. The average molecular weight is 323 g/mol. The Hall–Kier alpha value is -1.30. The van der Waals surface area contributed by atoms with E-state index in [1.807, 2.05) is 0 Å². The Balaban J connectivity index is 3.09. The Labute approximate surface area is 126 Å². The zero-order valence-electron chi connectivity index (χ0n) is 12.2. The van der Waals surface area contributed by atoms with Crippen molar-refractivity contribution in [1.29, 1.82) is 0 Å². The van der Waals surface area contributed by atoms with Gasteiger partial charge in [0.1, 0.15) is 18.3 Å². The number of hydrogen-bond acceptors (Lipinski definition) is 9. The van der Waals surface area contributed by atoms with Gasteiger partial charge in [-0.25, -0.2) is 4.79 Å². The van der Waals surface area contributed by atoms with Crippen LogP contribution in [0, 0.1) is 0 Å². The molecule has 1 heterocycles. The molecule has 1 rings (SSSR count). The minimum atomic E-state index is -2.55. The summed E-state index contributed by atoms with van der Waals surface area (Å²) in [5.74, 6) is -4.32. The van der Waals surface area contributed by atoms with Gasteiger partial charge in [-0.2, -0.15) is 0 Å². The van der Waals surface area contributed by atoms with Crippen molar-refractivity contribution in [3.8, 4) is 0 Å². The van der Waals surface area contributed by atoms with E-state index in [9.17, 15) is 30.0 Å². The highest BCUT2D eigenvalue weighted by Gasteiger charge is 2.54. The van der Waals surface area contributed by atoms with Gasteiger partial charge in [-0.15, -0.1) is 0 Å². The summed E-state index contributed by atoms with van der Waals surface area (Å²) in [5.41, 5.74) is 0. The minimum absolute atomic E-state index is 0.563. The molecular formula is C12H21NO9. The molecule has 128 valence electrons. The van der Waals surface area contributed by atoms with Gasteiger partial charge in [0.15, 0.2) is 0 Å². The molecule has 1 fully saturated rings. The summed E-state index contributed by atoms with van der Waals surface area (Å²) in [5, 5.41) is 50.8. The summed E-state index contributed by atoms with van der Waals surface area (Å²) in [6, 6.07) is -1.21. The Bertz CT molecular complexity index is 417. The van der Waals surface area contributed by atoms with Crippen molar-refractivity contribution in [3.63, 3.8) is 0 Å². The predicted octanol–water partition coefficient (Wildman–Crippen LogP) is -3.78. The lowest BCUT2D eigenvalue weighted by Crippen LogP contribution is -2.67. The van der Waals surface area contributed by atoms with Gasteiger partial charge in [0.2, 0.25) is 5.91 Å². The van der Waals surface area contributed by atoms with Crippen LogP contribution in [-0.4, -0.2) is 87.4 Å². The van der Waals surface area contributed by atoms with Crippen molar-refractivity contribution in [2.75, 3.05) is 13.7 Å². The Morgan fingerprint density at radius 3 is 2.50 bits per heavy atom. The Morgan fingerprint density at radius 1 is 1.45 bits per heavy atom. The molecule has 0 aromatic heterocycles. The number of esters is 1. The van der Waals surface area contributed by atoms with Gasteiger partial charge in [0.05, 0.1) is 25.9 Å². The second-order valence-corrected chi connectivity index (χ2v) is 5.10. The van der Waals surface area contributed by atoms with Gasteiger partial charge in [-0.05, 0) is 0 Å². The van der Waals surface area contributed by atoms with Crippen LogP contribution in [0.25, 0.3) is 0 Å². The maximum Gasteiger partial charge on any atom is 0.366 e. The average Bonchev–Trinajstić information content (AvgIpc) is 2.46. The first-order chi connectivity index (χ1) is 10.2. The molecule has 0 unspecified atom stereocenters. The summed E-state index contributed by atoms with van der Waals surface area (Å²) < 4.78 is 9.45. The van der Waals surface area contributed by atoms with Gasteiger partial charge in [-0.3, -0.25) is 4.79 Å². The Morgan fingerprint density at radius 2 is 2.05 bits per heavy atom. The number of rotatable bonds is 5. The van der Waals surface area contributed by atoms with Crippen molar-refractivity contribution in [2.24, 2.45) is 0 Å². The third kappa shape index (κ3) is 3.91. The van der Waals surface area contributed by atoms with Crippen LogP contribution in [0.4, 0.5) is 0 Å². The summed E-state index contributed by atoms with van der Waals surface area (Å²) >= 11 is 0. The van der Waals surface area contributed by atoms with E-state index in [1.165, 1.54) is 0 Å². The van der Waals surface area contributed by atoms with E-state index in [0.717, 1.165) is 14.0 Å². The molecule has 6 atom stereocenters. The topological polar surface area (TPSA) is 166 Å². The maximum atomic E-state index is 11.6. The van der Waals surface area contributed by atoms with E-state index in [2.05, 4.69) is 10.1 Å². The van der Waals surface area contributed by atoms with Crippen LogP contribution in [-0.2, 0) is 19.1 Å². The number of aliphatic hydroxyl groups is 5. The van der Waals surface area contributed by atoms with Crippen molar-refractivity contribution >= 4 is 11.9 Å². The fraction of sp³-hybridized carbons (Fsp3) is 0.833. The zero-order chi connectivity index (χ0) is 17.1. The third-order valence-electron chi connectivity index (χ3n) is 3.38. The standard InChI is InChI=1S/C12H21NO9/c1-5(15)13-8-6(16)3-12(20,11(19)21-2)22-10(8)9(18)7(17)4-14/h6-10,14,16-18,20H,3-4H2,1-2H3,(H,13,15)/t6-,7+,8+,9+,10-,12-/m0/s1. The molecule has 1 amide bonds. The first-order valence-electron chi connectivity index (χ1n) is 6.57. The van der Waals surface area contributed by atoms with Crippen LogP contribution in [0.5, 0.6) is 0 Å². The lowest BCUT2D eigenvalue weighted by Gasteiger charge is -2.45. The van der Waals surface area contributed by atoms with Gasteiger partial charge >= 0.3 is 5.97 Å². The minimum Gasteiger partial charge on any atom is -0.465 e. The monoisotopic (exact) mass is 323 g/mol. The molecule has 0 saturated carbocycles. The number of ether oxygens (including phenoxy) is 2. The molecule has 0 aliphatic carbocycles. The molecule has 6 N–H and O–H groups in total. The second kappa shape index (κ2) is 7.31. The van der Waals surface area contributed by atoms with Crippen molar-refractivity contribution in [3.05, 3.63) is 0 Å². The zero-order valence-corrected chi connectivity index (χ0v) is 12.2. The lowest BCUT2D eigenvalue weighted by atomic mass is 9.88. The van der Waals surface area contributed by atoms with Crippen LogP contribution >= 0.6 is 0 Å². The predicted molar refractivity (Wildman–Crippen MR) is 69.2 cm³/mol. The van der Waals surface area contributed by atoms with Crippen LogP contribution in [0.15, 0.2) is 0 Å². The number of hydrogen-bond donors (Lipinski definition) is 6. The third-order valence-corrected chi connectivity index (χ3v) is 3.38. The highest BCUT2D eigenvalue weighted by molar-refractivity contribution is 5.78. The van der Waals surface area contributed by atoms with Gasteiger partial charge in [-0.1, -0.05) is 0 Å². The number of nitrogens with one attached hydrogen (secondary N) is 1. The number of amides is 1. The van der Waals surface area contributed by atoms with Crippen LogP contribution in [0.3, 0.4) is 0 Å². The molecular weight excluding hydrogens is 302 g/mol. The maximum absolute atomic E-state index is 11.6. The number of aliphatic hydroxyl groups excluding tert-OH is 4.